The lowest BCUT2D eigenvalue weighted by Crippen LogP contribution is -2.43. The van der Waals surface area contributed by atoms with Crippen LogP contribution in [-0.2, 0) is 19.2 Å². The first-order valence-corrected chi connectivity index (χ1v) is 38.2. The summed E-state index contributed by atoms with van der Waals surface area (Å²) in [5, 5.41) is 12.0. The highest BCUT2D eigenvalue weighted by Crippen LogP contribution is 2.35. The Kier molecular flexibility index (Phi) is 26.4. The number of nitrogens with zero attached hydrogens (tertiary/aromatic N) is 4. The molecule has 4 saturated heterocycles. The summed E-state index contributed by atoms with van der Waals surface area (Å²) in [6.07, 6.45) is 24.4. The molecule has 8 aromatic carbocycles. The maximum absolute atomic E-state index is 13.7. The number of carbonyl (C=O) groups excluding carboxylic acids is 8. The number of nitrogens with one attached hydrogen (secondary N) is 4. The van der Waals surface area contributed by atoms with Crippen molar-refractivity contribution in [3.8, 4) is 0 Å². The van der Waals surface area contributed by atoms with Crippen LogP contribution in [0.5, 0.6) is 0 Å². The Morgan fingerprint density at radius 1 is 0.311 bits per heavy atom. The van der Waals surface area contributed by atoms with E-state index in [9.17, 15) is 38.4 Å². The molecule has 8 aromatic rings. The average molecular weight is 1640 g/mol. The van der Waals surface area contributed by atoms with Crippen molar-refractivity contribution >= 4 is 151 Å². The fourth-order valence-electron chi connectivity index (χ4n) is 14.7. The first kappa shape index (κ1) is 77.1. The summed E-state index contributed by atoms with van der Waals surface area (Å²) in [4.78, 5) is 114. The Morgan fingerprint density at radius 2 is 0.557 bits per heavy atom. The molecule has 0 radical (unpaired) electrons. The van der Waals surface area contributed by atoms with E-state index in [0.29, 0.717) is 96.9 Å². The molecule has 0 spiro atoms. The Balaban J connectivity index is 0.000000210. The van der Waals surface area contributed by atoms with Crippen LogP contribution >= 0.6 is 45.2 Å². The SMILES string of the molecule is C.C.O=C(Nc1ccc(/C=C/c2ccc(NC(=O)[C@@H]3CCCN3C(=O)c3ccccc3C3=CCCC3)cc2)cc1)[C@@H]1CCCN1C(=O)c1ccccc1C1=CCCC1.O=C(Nc1ccc(/C=C/c2ccc(NC(=O)[C@@H]3CCCN3C(=O)c3ccccc3I)cc2)cc1)[C@@H]1CCCN1C(=O)c1ccccc1I. The highest BCUT2D eigenvalue weighted by Gasteiger charge is 2.40. The van der Waals surface area contributed by atoms with Gasteiger partial charge in [-0.25, -0.2) is 0 Å². The molecule has 106 heavy (non-hydrogen) atoms. The minimum absolute atomic E-state index is 0. The third kappa shape index (κ3) is 18.4. The van der Waals surface area contributed by atoms with Gasteiger partial charge in [-0.2, -0.15) is 0 Å². The van der Waals surface area contributed by atoms with Gasteiger partial charge in [0.15, 0.2) is 0 Å². The number of allylic oxidation sites excluding steroid dienone is 4. The van der Waals surface area contributed by atoms with E-state index in [4.69, 9.17) is 0 Å². The summed E-state index contributed by atoms with van der Waals surface area (Å²) >= 11 is 4.31. The quantitative estimate of drug-likeness (QED) is 0.0481. The zero-order chi connectivity index (χ0) is 72.1. The number of amides is 8. The normalized spacial score (nSPS) is 18.1. The van der Waals surface area contributed by atoms with Crippen molar-refractivity contribution in [2.75, 3.05) is 47.4 Å². The molecule has 0 unspecified atom stereocenters. The molecule has 4 atom stereocenters. The number of rotatable bonds is 18. The van der Waals surface area contributed by atoms with Gasteiger partial charge in [0.05, 0.1) is 11.1 Å². The molecule has 2 aliphatic carbocycles. The van der Waals surface area contributed by atoms with E-state index in [-0.39, 0.29) is 62.1 Å². The Bertz CT molecular complexity index is 4370. The predicted octanol–water partition coefficient (Wildman–Crippen LogP) is 18.3. The minimum Gasteiger partial charge on any atom is -0.327 e. The first-order valence-electron chi connectivity index (χ1n) is 36.0. The molecule has 16 nitrogen and oxygen atoms in total. The molecule has 8 amide bonds. The van der Waals surface area contributed by atoms with E-state index in [1.54, 1.807) is 31.7 Å². The number of hydrogen-bond donors (Lipinski definition) is 4. The molecule has 0 bridgehead atoms. The summed E-state index contributed by atoms with van der Waals surface area (Å²) in [5.41, 5.74) is 13.6. The van der Waals surface area contributed by atoms with Crippen LogP contribution in [0.2, 0.25) is 0 Å². The molecular formula is C88H90I2N8O8. The molecule has 14 rings (SSSR count). The summed E-state index contributed by atoms with van der Waals surface area (Å²) in [5.74, 6) is -1.08. The van der Waals surface area contributed by atoms with Gasteiger partial charge in [0, 0.05) is 67.2 Å². The Labute approximate surface area is 649 Å². The third-order valence-electron chi connectivity index (χ3n) is 20.2. The van der Waals surface area contributed by atoms with Gasteiger partial charge in [-0.05, 0) is 265 Å². The molecule has 544 valence electrons. The van der Waals surface area contributed by atoms with Crippen LogP contribution < -0.4 is 21.3 Å². The van der Waals surface area contributed by atoms with Crippen molar-refractivity contribution in [3.05, 3.63) is 269 Å². The highest BCUT2D eigenvalue weighted by molar-refractivity contribution is 14.1. The van der Waals surface area contributed by atoms with Crippen molar-refractivity contribution in [3.63, 3.8) is 0 Å². The lowest BCUT2D eigenvalue weighted by Gasteiger charge is -2.25. The third-order valence-corrected chi connectivity index (χ3v) is 22.1. The smallest absolute Gasteiger partial charge is 0.255 e. The van der Waals surface area contributed by atoms with Crippen LogP contribution in [0.15, 0.2) is 206 Å². The maximum atomic E-state index is 13.7. The van der Waals surface area contributed by atoms with Crippen molar-refractivity contribution in [1.29, 1.82) is 0 Å². The summed E-state index contributed by atoms with van der Waals surface area (Å²) in [6, 6.07) is 58.8. The van der Waals surface area contributed by atoms with Crippen molar-refractivity contribution < 1.29 is 38.4 Å². The molecule has 6 aliphatic rings. The number of likely N-dealkylation sites (tertiary alicyclic amines) is 4. The van der Waals surface area contributed by atoms with Crippen molar-refractivity contribution in [2.24, 2.45) is 0 Å². The molecular weight excluding hydrogens is 1550 g/mol. The summed E-state index contributed by atoms with van der Waals surface area (Å²) in [7, 11) is 0. The maximum Gasteiger partial charge on any atom is 0.255 e. The molecule has 18 heteroatoms. The number of benzene rings is 8. The molecule has 4 aliphatic heterocycles. The number of hydrogen-bond acceptors (Lipinski definition) is 8. The zero-order valence-electron chi connectivity index (χ0n) is 57.8. The topological polar surface area (TPSA) is 198 Å². The Morgan fingerprint density at radius 3 is 0.811 bits per heavy atom. The second kappa shape index (κ2) is 36.3. The van der Waals surface area contributed by atoms with Crippen LogP contribution in [0.1, 0.15) is 180 Å². The fraction of sp³-hybridized carbons (Fsp3) is 0.273. The van der Waals surface area contributed by atoms with Gasteiger partial charge in [0.2, 0.25) is 23.6 Å². The highest BCUT2D eigenvalue weighted by atomic mass is 127. The van der Waals surface area contributed by atoms with E-state index < -0.39 is 24.2 Å². The number of halogens is 2. The van der Waals surface area contributed by atoms with Crippen molar-refractivity contribution in [1.82, 2.24) is 19.6 Å². The molecule has 4 heterocycles. The van der Waals surface area contributed by atoms with Crippen molar-refractivity contribution in [2.45, 2.75) is 129 Å². The summed E-state index contributed by atoms with van der Waals surface area (Å²) in [6.45, 7) is 2.26. The second-order valence-corrected chi connectivity index (χ2v) is 29.4. The van der Waals surface area contributed by atoms with Gasteiger partial charge in [-0.1, -0.05) is 161 Å². The van der Waals surface area contributed by atoms with Crippen LogP contribution in [0.3, 0.4) is 0 Å². The second-order valence-electron chi connectivity index (χ2n) is 27.0. The summed E-state index contributed by atoms with van der Waals surface area (Å²) < 4.78 is 1.74. The van der Waals surface area contributed by atoms with Gasteiger partial charge in [0.25, 0.3) is 23.6 Å². The van der Waals surface area contributed by atoms with E-state index in [1.165, 1.54) is 11.1 Å². The number of anilines is 4. The van der Waals surface area contributed by atoms with Gasteiger partial charge in [-0.3, -0.25) is 38.4 Å². The van der Waals surface area contributed by atoms with Crippen LogP contribution in [0.25, 0.3) is 35.5 Å². The van der Waals surface area contributed by atoms with Gasteiger partial charge in [-0.15, -0.1) is 0 Å². The average Bonchev–Trinajstić information content (AvgIpc) is 1.57. The van der Waals surface area contributed by atoms with Gasteiger partial charge in [0.1, 0.15) is 24.2 Å². The van der Waals surface area contributed by atoms with Crippen LogP contribution in [0.4, 0.5) is 22.7 Å². The molecule has 0 saturated carbocycles. The fourth-order valence-corrected chi connectivity index (χ4v) is 16.0. The van der Waals surface area contributed by atoms with E-state index in [0.717, 1.165) is 105 Å². The lowest BCUT2D eigenvalue weighted by molar-refractivity contribution is -0.120. The Hall–Kier alpha value is -10.1. The first-order chi connectivity index (χ1) is 50.7. The van der Waals surface area contributed by atoms with Crippen LogP contribution in [0, 0.1) is 7.14 Å². The standard InChI is InChI=1S/C48H48N4O4.C38H34I2N4O4.2CH4/c53-45(43-19-9-31-51(43)47(55)41-17-7-5-15-39(41)35-11-1-2-12-35)49-37-27-23-33(24-28-37)21-22-34-25-29-38(30-26-34)50-46(54)44-20-10-32-52(44)48(56)42-18-8-6-16-40(42)36-13-3-4-14-36;39-31-9-3-1-7-29(31)37(47)43-23-5-11-33(43)35(45)41-27-19-15-25(16-20-27)13-14-26-17-21-28(22-18-26)42-36(46)34-12-6-24-44(34)38(48)30-8-2-4-10-32(30)40;;/h5-8,11,13,15-18,21-30,43-44H,1-4,9-10,12,14,19-20,31-32H2,(H,49,53)(H,50,54);1-4,7-10,13-22,33-34H,5-6,11-12,23-24H2,(H,41,45)(H,42,46);2*1H4/b22-21+;14-13+;;/t43-,44-;33-,34-;;/m00../s1. The predicted molar refractivity (Wildman–Crippen MR) is 443 cm³/mol. The number of carbonyl (C=O) groups is 8. The van der Waals surface area contributed by atoms with Gasteiger partial charge >= 0.3 is 0 Å². The van der Waals surface area contributed by atoms with E-state index >= 15 is 0 Å². The zero-order valence-corrected chi connectivity index (χ0v) is 62.1. The molecule has 4 N–H and O–H groups in total. The minimum atomic E-state index is -0.512. The van der Waals surface area contributed by atoms with E-state index in [2.05, 4.69) is 78.6 Å². The molecule has 4 fully saturated rings. The largest absolute Gasteiger partial charge is 0.327 e. The molecule has 0 aromatic heterocycles. The lowest BCUT2D eigenvalue weighted by atomic mass is 9.98. The van der Waals surface area contributed by atoms with E-state index in [1.807, 2.05) is 206 Å². The van der Waals surface area contributed by atoms with Gasteiger partial charge < -0.3 is 40.9 Å². The monoisotopic (exact) mass is 1640 g/mol. The van der Waals surface area contributed by atoms with Crippen LogP contribution in [-0.4, -0.2) is 117 Å².